The first-order chi connectivity index (χ1) is 22.9. The summed E-state index contributed by atoms with van der Waals surface area (Å²) < 4.78 is 98.7. The van der Waals surface area contributed by atoms with Gasteiger partial charge in [-0.05, 0) is 109 Å². The lowest BCUT2D eigenvalue weighted by molar-refractivity contribution is 0.478. The molecular weight excluding hydrogens is 722 g/mol. The molecular formula is C36H44ClNO9S3. The predicted octanol–water partition coefficient (Wildman–Crippen LogP) is 7.83. The van der Waals surface area contributed by atoms with Crippen molar-refractivity contribution in [3.8, 4) is 0 Å². The minimum absolute atomic E-state index is 0.186. The largest absolute Gasteiger partial charge is 0.344 e. The quantitative estimate of drug-likeness (QED) is 0.110. The van der Waals surface area contributed by atoms with E-state index >= 15 is 0 Å². The minimum Gasteiger partial charge on any atom is -0.344 e. The summed E-state index contributed by atoms with van der Waals surface area (Å²) in [6, 6.07) is 8.90. The van der Waals surface area contributed by atoms with E-state index in [-0.39, 0.29) is 22.0 Å². The van der Waals surface area contributed by atoms with E-state index in [1.807, 2.05) is 63.8 Å². The maximum atomic E-state index is 12.0. The Hall–Kier alpha value is -3.04. The van der Waals surface area contributed by atoms with Crippen LogP contribution in [0, 0.1) is 6.92 Å². The second kappa shape index (κ2) is 14.5. The van der Waals surface area contributed by atoms with Crippen molar-refractivity contribution in [1.29, 1.82) is 0 Å². The van der Waals surface area contributed by atoms with Crippen LogP contribution in [-0.4, -0.2) is 51.2 Å². The van der Waals surface area contributed by atoms with Gasteiger partial charge in [-0.1, -0.05) is 70.2 Å². The number of anilines is 1. The van der Waals surface area contributed by atoms with Crippen LogP contribution in [0.15, 0.2) is 105 Å². The minimum atomic E-state index is -4.45. The zero-order chi connectivity index (χ0) is 37.4. The zero-order valence-electron chi connectivity index (χ0n) is 28.8. The van der Waals surface area contributed by atoms with Crippen LogP contribution in [0.3, 0.4) is 0 Å². The molecule has 0 radical (unpaired) electrons. The molecule has 0 amide bonds. The van der Waals surface area contributed by atoms with Crippen molar-refractivity contribution in [1.82, 2.24) is 0 Å². The van der Waals surface area contributed by atoms with Crippen LogP contribution >= 0.6 is 11.6 Å². The summed E-state index contributed by atoms with van der Waals surface area (Å²) in [7, 11) is -12.9. The van der Waals surface area contributed by atoms with Gasteiger partial charge in [0.05, 0.1) is 15.5 Å². The molecule has 0 spiro atoms. The van der Waals surface area contributed by atoms with Gasteiger partial charge in [0.1, 0.15) is 0 Å². The second-order valence-electron chi connectivity index (χ2n) is 13.8. The molecule has 14 heteroatoms. The number of unbranched alkanes of at least 4 members (excludes halogenated alkanes) is 1. The van der Waals surface area contributed by atoms with Gasteiger partial charge >= 0.3 is 0 Å². The number of rotatable bonds is 12. The van der Waals surface area contributed by atoms with E-state index in [1.165, 1.54) is 24.3 Å². The summed E-state index contributed by atoms with van der Waals surface area (Å²) in [6.07, 6.45) is 10.6. The molecule has 10 nitrogen and oxygen atoms in total. The fraction of sp³-hybridized carbons (Fsp3) is 0.389. The summed E-state index contributed by atoms with van der Waals surface area (Å²) in [5, 5.41) is 0.584. The van der Waals surface area contributed by atoms with Crippen molar-refractivity contribution < 1.29 is 38.9 Å². The first kappa shape index (κ1) is 39.7. The van der Waals surface area contributed by atoms with Gasteiger partial charge in [-0.3, -0.25) is 13.7 Å². The number of fused-ring (bicyclic) bond motifs is 1. The second-order valence-corrected chi connectivity index (χ2v) is 18.6. The molecule has 2 aromatic carbocycles. The molecule has 272 valence electrons. The van der Waals surface area contributed by atoms with Gasteiger partial charge in [0.2, 0.25) is 0 Å². The number of halogens is 1. The number of hydrogen-bond donors (Lipinski definition) is 3. The molecule has 0 saturated carbocycles. The third kappa shape index (κ3) is 8.87. The van der Waals surface area contributed by atoms with Crippen LogP contribution in [0.1, 0.15) is 76.5 Å². The maximum Gasteiger partial charge on any atom is 0.294 e. The van der Waals surface area contributed by atoms with Crippen LogP contribution in [0.2, 0.25) is 0 Å². The lowest BCUT2D eigenvalue weighted by atomic mass is 9.76. The summed E-state index contributed by atoms with van der Waals surface area (Å²) in [6.45, 7) is 14.3. The average Bonchev–Trinajstić information content (AvgIpc) is 3.21. The molecule has 1 aliphatic carbocycles. The van der Waals surface area contributed by atoms with Gasteiger partial charge < -0.3 is 4.90 Å². The van der Waals surface area contributed by atoms with Crippen LogP contribution in [0.4, 0.5) is 5.69 Å². The summed E-state index contributed by atoms with van der Waals surface area (Å²) >= 11 is 6.98. The normalized spacial score (nSPS) is 18.8. The molecule has 0 bridgehead atoms. The highest BCUT2D eigenvalue weighted by Gasteiger charge is 2.40. The van der Waals surface area contributed by atoms with Crippen molar-refractivity contribution in [2.24, 2.45) is 0 Å². The lowest BCUT2D eigenvalue weighted by Crippen LogP contribution is -2.27. The molecule has 50 heavy (non-hydrogen) atoms. The molecule has 0 unspecified atom stereocenters. The third-order valence-corrected chi connectivity index (χ3v) is 12.6. The average molecular weight is 766 g/mol. The monoisotopic (exact) mass is 765 g/mol. The van der Waals surface area contributed by atoms with Crippen molar-refractivity contribution in [3.05, 3.63) is 111 Å². The van der Waals surface area contributed by atoms with Gasteiger partial charge in [-0.2, -0.15) is 25.3 Å². The standard InChI is InChI=1S/C36H44ClNO9S3/c1-24-12-16-28(49(42,43)44)22-30(24)35(3,4)25(2)13-14-26-10-9-11-27(34(26)37)15-19-33-36(5,6)31-23-29(50(45,46)47)17-18-32(31)38(33)20-7-8-21-48(39,40)41/h12-19,22-23H,2,7-11,20-21H2,1,3-6H3,(H,39,40,41)(H,42,43,44)(H,45,46,47)/b14-13+,27-15+,33-19+. The molecule has 2 aliphatic rings. The summed E-state index contributed by atoms with van der Waals surface area (Å²) in [4.78, 5) is 1.58. The topological polar surface area (TPSA) is 166 Å². The van der Waals surface area contributed by atoms with Crippen LogP contribution in [0.5, 0.6) is 0 Å². The van der Waals surface area contributed by atoms with Crippen LogP contribution in [0.25, 0.3) is 0 Å². The SMILES string of the molecule is C=C(/C=C/C1=C(Cl)C(=C/C=C2/N(CCCCS(=O)(=O)O)c3ccc(S(=O)(=O)O)cc3C2(C)C)/CCC1)C(C)(C)c1cc(S(=O)(=O)O)ccc1C. The highest BCUT2D eigenvalue weighted by atomic mass is 35.5. The first-order valence-corrected chi connectivity index (χ1v) is 20.9. The number of allylic oxidation sites excluding steroid dienone is 9. The number of hydrogen-bond acceptors (Lipinski definition) is 7. The Morgan fingerprint density at radius 3 is 2.18 bits per heavy atom. The van der Waals surface area contributed by atoms with Crippen molar-refractivity contribution >= 4 is 47.6 Å². The number of nitrogens with zero attached hydrogens (tertiary/aromatic N) is 1. The van der Waals surface area contributed by atoms with Crippen LogP contribution in [-0.2, 0) is 41.2 Å². The van der Waals surface area contributed by atoms with E-state index < -0.39 is 41.2 Å². The Morgan fingerprint density at radius 2 is 1.56 bits per heavy atom. The fourth-order valence-electron chi connectivity index (χ4n) is 6.52. The Balaban J connectivity index is 1.68. The predicted molar refractivity (Wildman–Crippen MR) is 197 cm³/mol. The first-order valence-electron chi connectivity index (χ1n) is 16.1. The van der Waals surface area contributed by atoms with E-state index in [9.17, 15) is 38.9 Å². The van der Waals surface area contributed by atoms with E-state index in [0.29, 0.717) is 41.1 Å². The molecule has 0 saturated heterocycles. The number of benzene rings is 2. The molecule has 0 aromatic heterocycles. The van der Waals surface area contributed by atoms with Gasteiger partial charge in [0.15, 0.2) is 0 Å². The molecule has 0 fully saturated rings. The van der Waals surface area contributed by atoms with E-state index in [0.717, 1.165) is 40.9 Å². The molecule has 2 aromatic rings. The molecule has 3 N–H and O–H groups in total. The molecule has 0 atom stereocenters. The van der Waals surface area contributed by atoms with E-state index in [4.69, 9.17) is 11.6 Å². The van der Waals surface area contributed by atoms with Crippen LogP contribution < -0.4 is 4.90 Å². The Labute approximate surface area is 301 Å². The zero-order valence-corrected chi connectivity index (χ0v) is 32.0. The molecule has 1 heterocycles. The summed E-state index contributed by atoms with van der Waals surface area (Å²) in [5.74, 6) is -0.376. The van der Waals surface area contributed by atoms with E-state index in [1.54, 1.807) is 12.1 Å². The van der Waals surface area contributed by atoms with Gasteiger partial charge in [-0.25, -0.2) is 0 Å². The lowest BCUT2D eigenvalue weighted by Gasteiger charge is -2.29. The molecule has 1 aliphatic heterocycles. The summed E-state index contributed by atoms with van der Waals surface area (Å²) in [5.41, 5.74) is 4.93. The highest BCUT2D eigenvalue weighted by molar-refractivity contribution is 7.86. The fourth-order valence-corrected chi connectivity index (χ4v) is 8.41. The van der Waals surface area contributed by atoms with Gasteiger partial charge in [0.25, 0.3) is 30.4 Å². The van der Waals surface area contributed by atoms with Crippen molar-refractivity contribution in [2.45, 2.75) is 87.3 Å². The Morgan fingerprint density at radius 1 is 0.940 bits per heavy atom. The van der Waals surface area contributed by atoms with Crippen molar-refractivity contribution in [2.75, 3.05) is 17.2 Å². The number of aryl methyl sites for hydroxylation is 1. The van der Waals surface area contributed by atoms with Gasteiger partial charge in [-0.15, -0.1) is 0 Å². The van der Waals surface area contributed by atoms with Gasteiger partial charge in [0, 0.05) is 33.8 Å². The highest BCUT2D eigenvalue weighted by Crippen LogP contribution is 2.49. The van der Waals surface area contributed by atoms with E-state index in [2.05, 4.69) is 6.58 Å². The van der Waals surface area contributed by atoms with Crippen molar-refractivity contribution in [3.63, 3.8) is 0 Å². The third-order valence-electron chi connectivity index (χ3n) is 9.56. The Kier molecular flexibility index (Phi) is 11.5. The molecule has 4 rings (SSSR count). The maximum absolute atomic E-state index is 12.0. The Bertz CT molecular complexity index is 2160. The smallest absolute Gasteiger partial charge is 0.294 e.